The summed E-state index contributed by atoms with van der Waals surface area (Å²) in [6, 6.07) is 7.78. The van der Waals surface area contributed by atoms with Gasteiger partial charge in [0.2, 0.25) is 0 Å². The molecule has 0 amide bonds. The molecule has 1 aromatic carbocycles. The van der Waals surface area contributed by atoms with E-state index in [1.807, 2.05) is 18.2 Å². The molecule has 0 aliphatic carbocycles. The maximum Gasteiger partial charge on any atom is 0.199 e. The molecule has 0 saturated heterocycles. The SMILES string of the molecule is CCC(CC)n1cc(C=O)c(=O)c2ccccc21. The predicted octanol–water partition coefficient (Wildman–Crippen LogP) is 3.18. The average molecular weight is 243 g/mol. The van der Waals surface area contributed by atoms with Crippen molar-refractivity contribution in [2.45, 2.75) is 32.7 Å². The number of rotatable bonds is 4. The maximum absolute atomic E-state index is 12.1. The number of carbonyl (C=O) groups excluding carboxylic acids is 1. The van der Waals surface area contributed by atoms with Crippen LogP contribution in [0.5, 0.6) is 0 Å². The number of para-hydroxylation sites is 1. The first-order chi connectivity index (χ1) is 8.72. The van der Waals surface area contributed by atoms with Gasteiger partial charge in [-0.15, -0.1) is 0 Å². The summed E-state index contributed by atoms with van der Waals surface area (Å²) in [5.74, 6) is 0. The van der Waals surface area contributed by atoms with Crippen LogP contribution in [0.1, 0.15) is 43.1 Å². The monoisotopic (exact) mass is 243 g/mol. The van der Waals surface area contributed by atoms with E-state index in [1.165, 1.54) is 0 Å². The first-order valence-electron chi connectivity index (χ1n) is 6.32. The van der Waals surface area contributed by atoms with Crippen molar-refractivity contribution >= 4 is 17.2 Å². The Hall–Kier alpha value is -1.90. The van der Waals surface area contributed by atoms with E-state index in [0.29, 0.717) is 17.7 Å². The van der Waals surface area contributed by atoms with Gasteiger partial charge >= 0.3 is 0 Å². The highest BCUT2D eigenvalue weighted by Crippen LogP contribution is 2.21. The predicted molar refractivity (Wildman–Crippen MR) is 73.2 cm³/mol. The third kappa shape index (κ3) is 1.96. The van der Waals surface area contributed by atoms with E-state index in [0.717, 1.165) is 18.4 Å². The van der Waals surface area contributed by atoms with E-state index in [4.69, 9.17) is 0 Å². The standard InChI is InChI=1S/C15H17NO2/c1-3-12(4-2)16-9-11(10-17)15(18)13-7-5-6-8-14(13)16/h5-10,12H,3-4H2,1-2H3. The molecule has 0 aliphatic rings. The fourth-order valence-electron chi connectivity index (χ4n) is 2.39. The first-order valence-corrected chi connectivity index (χ1v) is 6.32. The van der Waals surface area contributed by atoms with Gasteiger partial charge in [-0.1, -0.05) is 26.0 Å². The minimum Gasteiger partial charge on any atom is -0.343 e. The number of carbonyl (C=O) groups is 1. The van der Waals surface area contributed by atoms with E-state index in [-0.39, 0.29) is 11.0 Å². The Labute approximate surface area is 106 Å². The van der Waals surface area contributed by atoms with Gasteiger partial charge in [-0.2, -0.15) is 0 Å². The number of nitrogens with zero attached hydrogens (tertiary/aromatic N) is 1. The van der Waals surface area contributed by atoms with E-state index >= 15 is 0 Å². The molecule has 0 fully saturated rings. The maximum atomic E-state index is 12.1. The average Bonchev–Trinajstić information content (AvgIpc) is 2.42. The summed E-state index contributed by atoms with van der Waals surface area (Å²) in [5.41, 5.74) is 0.963. The molecule has 0 atom stereocenters. The van der Waals surface area contributed by atoms with Crippen LogP contribution in [0.25, 0.3) is 10.9 Å². The number of benzene rings is 1. The van der Waals surface area contributed by atoms with Gasteiger partial charge in [-0.25, -0.2) is 0 Å². The molecule has 94 valence electrons. The van der Waals surface area contributed by atoms with E-state index < -0.39 is 0 Å². The van der Waals surface area contributed by atoms with Gasteiger partial charge in [-0.05, 0) is 25.0 Å². The summed E-state index contributed by atoms with van der Waals surface area (Å²) in [7, 11) is 0. The second kappa shape index (κ2) is 5.17. The van der Waals surface area contributed by atoms with Gasteiger partial charge in [0.15, 0.2) is 11.7 Å². The van der Waals surface area contributed by atoms with E-state index in [9.17, 15) is 9.59 Å². The van der Waals surface area contributed by atoms with Gasteiger partial charge in [0.1, 0.15) is 0 Å². The highest BCUT2D eigenvalue weighted by Gasteiger charge is 2.12. The summed E-state index contributed by atoms with van der Waals surface area (Å²) < 4.78 is 2.06. The van der Waals surface area contributed by atoms with Crippen molar-refractivity contribution in [2.75, 3.05) is 0 Å². The minimum absolute atomic E-state index is 0.178. The zero-order valence-electron chi connectivity index (χ0n) is 10.7. The van der Waals surface area contributed by atoms with Crippen LogP contribution in [0, 0.1) is 0 Å². The fourth-order valence-corrected chi connectivity index (χ4v) is 2.39. The zero-order chi connectivity index (χ0) is 13.1. The van der Waals surface area contributed by atoms with Gasteiger partial charge in [-0.3, -0.25) is 9.59 Å². The second-order valence-corrected chi connectivity index (χ2v) is 4.43. The van der Waals surface area contributed by atoms with Crippen molar-refractivity contribution in [3.63, 3.8) is 0 Å². The molecule has 3 heteroatoms. The van der Waals surface area contributed by atoms with Crippen LogP contribution in [0.4, 0.5) is 0 Å². The van der Waals surface area contributed by atoms with Crippen molar-refractivity contribution in [1.29, 1.82) is 0 Å². The Bertz CT molecular complexity index is 624. The number of hydrogen-bond acceptors (Lipinski definition) is 2. The van der Waals surface area contributed by atoms with Gasteiger partial charge < -0.3 is 4.57 Å². The number of aromatic nitrogens is 1. The summed E-state index contributed by atoms with van der Waals surface area (Å²) in [6.07, 6.45) is 4.28. The highest BCUT2D eigenvalue weighted by atomic mass is 16.1. The molecule has 3 nitrogen and oxygen atoms in total. The molecule has 2 rings (SSSR count). The Morgan fingerprint density at radius 3 is 2.50 bits per heavy atom. The van der Waals surface area contributed by atoms with Crippen LogP contribution in [0.15, 0.2) is 35.3 Å². The van der Waals surface area contributed by atoms with Crippen molar-refractivity contribution in [3.05, 3.63) is 46.2 Å². The molecular formula is C15H17NO2. The lowest BCUT2D eigenvalue weighted by Crippen LogP contribution is -2.17. The molecule has 2 aromatic rings. The summed E-state index contributed by atoms with van der Waals surface area (Å²) in [4.78, 5) is 23.1. The van der Waals surface area contributed by atoms with Crippen LogP contribution in [0.3, 0.4) is 0 Å². The van der Waals surface area contributed by atoms with Gasteiger partial charge in [0.05, 0.1) is 11.1 Å². The lowest BCUT2D eigenvalue weighted by atomic mass is 10.1. The summed E-state index contributed by atoms with van der Waals surface area (Å²) >= 11 is 0. The normalized spacial score (nSPS) is 11.1. The Morgan fingerprint density at radius 2 is 1.89 bits per heavy atom. The minimum atomic E-state index is -0.178. The Kier molecular flexibility index (Phi) is 3.60. The summed E-state index contributed by atoms with van der Waals surface area (Å²) in [5, 5.41) is 0.619. The third-order valence-electron chi connectivity index (χ3n) is 3.43. The molecular weight excluding hydrogens is 226 g/mol. The van der Waals surface area contributed by atoms with Crippen molar-refractivity contribution < 1.29 is 4.79 Å². The van der Waals surface area contributed by atoms with Crippen molar-refractivity contribution in [2.24, 2.45) is 0 Å². The zero-order valence-corrected chi connectivity index (χ0v) is 10.7. The lowest BCUT2D eigenvalue weighted by Gasteiger charge is -2.20. The van der Waals surface area contributed by atoms with Crippen molar-refractivity contribution in [1.82, 2.24) is 4.57 Å². The molecule has 0 saturated carbocycles. The molecule has 1 heterocycles. The molecule has 0 bridgehead atoms. The van der Waals surface area contributed by atoms with Gasteiger partial charge in [0.25, 0.3) is 0 Å². The molecule has 1 aromatic heterocycles. The Morgan fingerprint density at radius 1 is 1.22 bits per heavy atom. The fraction of sp³-hybridized carbons (Fsp3) is 0.333. The number of pyridine rings is 1. The topological polar surface area (TPSA) is 39.1 Å². The van der Waals surface area contributed by atoms with E-state index in [2.05, 4.69) is 18.4 Å². The summed E-state index contributed by atoms with van der Waals surface area (Å²) in [6.45, 7) is 4.23. The van der Waals surface area contributed by atoms with Gasteiger partial charge in [0, 0.05) is 17.6 Å². The third-order valence-corrected chi connectivity index (χ3v) is 3.43. The van der Waals surface area contributed by atoms with Crippen molar-refractivity contribution in [3.8, 4) is 0 Å². The Balaban J connectivity index is 2.83. The smallest absolute Gasteiger partial charge is 0.199 e. The number of hydrogen-bond donors (Lipinski definition) is 0. The van der Waals surface area contributed by atoms with Crippen LogP contribution in [-0.2, 0) is 0 Å². The molecule has 0 unspecified atom stereocenters. The molecule has 0 radical (unpaired) electrons. The van der Waals surface area contributed by atoms with Crippen LogP contribution in [0.2, 0.25) is 0 Å². The van der Waals surface area contributed by atoms with Crippen LogP contribution >= 0.6 is 0 Å². The molecule has 0 aliphatic heterocycles. The highest BCUT2D eigenvalue weighted by molar-refractivity contribution is 5.86. The van der Waals surface area contributed by atoms with Crippen LogP contribution < -0.4 is 5.43 Å². The number of aldehydes is 1. The largest absolute Gasteiger partial charge is 0.343 e. The lowest BCUT2D eigenvalue weighted by molar-refractivity contribution is 0.112. The van der Waals surface area contributed by atoms with Crippen LogP contribution in [-0.4, -0.2) is 10.9 Å². The first kappa shape index (κ1) is 12.6. The number of fused-ring (bicyclic) bond motifs is 1. The molecule has 18 heavy (non-hydrogen) atoms. The van der Waals surface area contributed by atoms with E-state index in [1.54, 1.807) is 12.3 Å². The second-order valence-electron chi connectivity index (χ2n) is 4.43. The quantitative estimate of drug-likeness (QED) is 0.774. The molecule has 0 N–H and O–H groups in total. The molecule has 0 spiro atoms.